The number of carbonyl (C=O) groups is 1. The minimum Gasteiger partial charge on any atom is -0.355 e. The fourth-order valence-electron chi connectivity index (χ4n) is 3.01. The van der Waals surface area contributed by atoms with E-state index in [1.54, 1.807) is 35.9 Å². The number of carbonyl (C=O) groups excluding carboxylic acids is 1. The third-order valence-electron chi connectivity index (χ3n) is 4.70. The Balaban J connectivity index is 1.57. The Morgan fingerprint density at radius 1 is 1.13 bits per heavy atom. The van der Waals surface area contributed by atoms with Crippen LogP contribution < -0.4 is 5.32 Å². The van der Waals surface area contributed by atoms with Gasteiger partial charge in [-0.2, -0.15) is 0 Å². The van der Waals surface area contributed by atoms with Gasteiger partial charge in [0.15, 0.2) is 5.16 Å². The zero-order chi connectivity index (χ0) is 21.1. The van der Waals surface area contributed by atoms with Crippen molar-refractivity contribution in [1.82, 2.24) is 35.1 Å². The standard InChI is InChI=1S/C21H21N7OS/c1-14(30-21-25-23-13-27(21)3)15-6-5-9-18(11-15)28-12-19(24-26-28)16-7-4-8-17(10-16)20(29)22-2/h4-14H,1-3H3,(H,22,29). The van der Waals surface area contributed by atoms with Crippen LogP contribution in [0, 0.1) is 0 Å². The van der Waals surface area contributed by atoms with Gasteiger partial charge < -0.3 is 9.88 Å². The maximum absolute atomic E-state index is 11.9. The summed E-state index contributed by atoms with van der Waals surface area (Å²) in [4.78, 5) is 11.9. The summed E-state index contributed by atoms with van der Waals surface area (Å²) in [5.41, 5.74) is 4.19. The molecule has 0 aliphatic carbocycles. The van der Waals surface area contributed by atoms with Crippen molar-refractivity contribution in [3.8, 4) is 16.9 Å². The lowest BCUT2D eigenvalue weighted by Crippen LogP contribution is -2.17. The van der Waals surface area contributed by atoms with Crippen LogP contribution in [0.1, 0.15) is 28.1 Å². The number of hydrogen-bond donors (Lipinski definition) is 1. The van der Waals surface area contributed by atoms with Gasteiger partial charge in [-0.1, -0.05) is 41.2 Å². The first-order valence-corrected chi connectivity index (χ1v) is 10.3. The summed E-state index contributed by atoms with van der Waals surface area (Å²) in [5, 5.41) is 20.3. The number of aromatic nitrogens is 6. The molecule has 0 saturated heterocycles. The molecular weight excluding hydrogens is 398 g/mol. The first-order chi connectivity index (χ1) is 14.5. The molecule has 30 heavy (non-hydrogen) atoms. The molecule has 9 heteroatoms. The number of nitrogens with one attached hydrogen (secondary N) is 1. The smallest absolute Gasteiger partial charge is 0.251 e. The Bertz CT molecular complexity index is 1180. The van der Waals surface area contributed by atoms with Crippen LogP contribution in [0.2, 0.25) is 0 Å². The number of aryl methyl sites for hydroxylation is 1. The molecule has 0 fully saturated rings. The van der Waals surface area contributed by atoms with Crippen molar-refractivity contribution >= 4 is 17.7 Å². The highest BCUT2D eigenvalue weighted by atomic mass is 32.2. The molecule has 0 saturated carbocycles. The van der Waals surface area contributed by atoms with Crippen molar-refractivity contribution in [2.75, 3.05) is 7.05 Å². The topological polar surface area (TPSA) is 90.5 Å². The summed E-state index contributed by atoms with van der Waals surface area (Å²) in [6, 6.07) is 15.5. The molecule has 0 bridgehead atoms. The molecule has 152 valence electrons. The number of nitrogens with zero attached hydrogens (tertiary/aromatic N) is 6. The van der Waals surface area contributed by atoms with Gasteiger partial charge in [0.1, 0.15) is 12.0 Å². The monoisotopic (exact) mass is 419 g/mol. The first-order valence-electron chi connectivity index (χ1n) is 9.41. The van der Waals surface area contributed by atoms with E-state index in [2.05, 4.69) is 44.9 Å². The second-order valence-electron chi connectivity index (χ2n) is 6.79. The molecule has 1 amide bonds. The fourth-order valence-corrected chi connectivity index (χ4v) is 3.92. The average molecular weight is 420 g/mol. The summed E-state index contributed by atoms with van der Waals surface area (Å²) in [7, 11) is 3.55. The van der Waals surface area contributed by atoms with Crippen LogP contribution in [0.3, 0.4) is 0 Å². The zero-order valence-electron chi connectivity index (χ0n) is 16.9. The number of hydrogen-bond acceptors (Lipinski definition) is 6. The number of benzene rings is 2. The molecule has 2 heterocycles. The van der Waals surface area contributed by atoms with E-state index in [4.69, 9.17) is 0 Å². The fraction of sp³-hybridized carbons (Fsp3) is 0.190. The molecule has 2 aromatic heterocycles. The zero-order valence-corrected chi connectivity index (χ0v) is 17.7. The van der Waals surface area contributed by atoms with E-state index < -0.39 is 0 Å². The van der Waals surface area contributed by atoms with Crippen LogP contribution in [0.4, 0.5) is 0 Å². The Morgan fingerprint density at radius 3 is 2.73 bits per heavy atom. The maximum atomic E-state index is 11.9. The summed E-state index contributed by atoms with van der Waals surface area (Å²) in [5.74, 6) is -0.133. The number of amides is 1. The third-order valence-corrected chi connectivity index (χ3v) is 5.90. The minimum atomic E-state index is -0.133. The quantitative estimate of drug-likeness (QED) is 0.483. The Morgan fingerprint density at radius 2 is 1.97 bits per heavy atom. The van der Waals surface area contributed by atoms with E-state index in [9.17, 15) is 4.79 Å². The second kappa shape index (κ2) is 8.50. The Labute approximate surface area is 178 Å². The van der Waals surface area contributed by atoms with E-state index in [1.807, 2.05) is 48.1 Å². The van der Waals surface area contributed by atoms with Gasteiger partial charge >= 0.3 is 0 Å². The van der Waals surface area contributed by atoms with Gasteiger partial charge in [-0.3, -0.25) is 4.79 Å². The minimum absolute atomic E-state index is 0.133. The van der Waals surface area contributed by atoms with Crippen molar-refractivity contribution in [1.29, 1.82) is 0 Å². The lowest BCUT2D eigenvalue weighted by molar-refractivity contribution is 0.0963. The molecule has 4 rings (SSSR count). The molecule has 8 nitrogen and oxygen atoms in total. The van der Waals surface area contributed by atoms with E-state index in [0.717, 1.165) is 22.0 Å². The highest BCUT2D eigenvalue weighted by Crippen LogP contribution is 2.34. The van der Waals surface area contributed by atoms with Crippen LogP contribution in [-0.2, 0) is 7.05 Å². The molecule has 1 unspecified atom stereocenters. The number of thioether (sulfide) groups is 1. The first kappa shape index (κ1) is 19.8. The molecule has 0 aliphatic heterocycles. The van der Waals surface area contributed by atoms with Gasteiger partial charge in [-0.05, 0) is 36.8 Å². The van der Waals surface area contributed by atoms with Crippen molar-refractivity contribution in [2.45, 2.75) is 17.3 Å². The summed E-state index contributed by atoms with van der Waals surface area (Å²) in [6.45, 7) is 2.13. The van der Waals surface area contributed by atoms with E-state index in [0.29, 0.717) is 11.3 Å². The van der Waals surface area contributed by atoms with Crippen molar-refractivity contribution in [2.24, 2.45) is 7.05 Å². The van der Waals surface area contributed by atoms with E-state index in [-0.39, 0.29) is 11.2 Å². The lowest BCUT2D eigenvalue weighted by Gasteiger charge is -2.12. The Hall–Kier alpha value is -3.46. The molecule has 0 radical (unpaired) electrons. The summed E-state index contributed by atoms with van der Waals surface area (Å²) >= 11 is 1.65. The third kappa shape index (κ3) is 4.11. The highest BCUT2D eigenvalue weighted by Gasteiger charge is 2.13. The SMILES string of the molecule is CNC(=O)c1cccc(-c2cn(-c3cccc(C(C)Sc4nncn4C)c3)nn2)c1. The molecule has 1 atom stereocenters. The molecule has 0 aliphatic rings. The van der Waals surface area contributed by atoms with E-state index in [1.165, 1.54) is 0 Å². The van der Waals surface area contributed by atoms with Gasteiger partial charge in [0, 0.05) is 30.5 Å². The molecular formula is C21H21N7OS. The maximum Gasteiger partial charge on any atom is 0.251 e. The van der Waals surface area contributed by atoms with Gasteiger partial charge in [-0.15, -0.1) is 15.3 Å². The number of rotatable bonds is 6. The average Bonchev–Trinajstić information content (AvgIpc) is 3.43. The van der Waals surface area contributed by atoms with Crippen LogP contribution in [-0.4, -0.2) is 42.7 Å². The van der Waals surface area contributed by atoms with Crippen molar-refractivity contribution in [3.63, 3.8) is 0 Å². The van der Waals surface area contributed by atoms with Crippen LogP contribution >= 0.6 is 11.8 Å². The molecule has 0 spiro atoms. The predicted molar refractivity (Wildman–Crippen MR) is 115 cm³/mol. The van der Waals surface area contributed by atoms with Crippen LogP contribution in [0.15, 0.2) is 66.2 Å². The van der Waals surface area contributed by atoms with Crippen LogP contribution in [0.25, 0.3) is 16.9 Å². The predicted octanol–water partition coefficient (Wildman–Crippen LogP) is 3.28. The van der Waals surface area contributed by atoms with Gasteiger partial charge in [-0.25, -0.2) is 4.68 Å². The molecule has 1 N–H and O–H groups in total. The van der Waals surface area contributed by atoms with Crippen LogP contribution in [0.5, 0.6) is 0 Å². The highest BCUT2D eigenvalue weighted by molar-refractivity contribution is 7.99. The normalized spacial score (nSPS) is 12.0. The summed E-state index contributed by atoms with van der Waals surface area (Å²) < 4.78 is 3.65. The molecule has 4 aromatic rings. The van der Waals surface area contributed by atoms with Gasteiger partial charge in [0.05, 0.1) is 11.9 Å². The second-order valence-corrected chi connectivity index (χ2v) is 8.10. The molecule has 2 aromatic carbocycles. The van der Waals surface area contributed by atoms with Crippen molar-refractivity contribution < 1.29 is 4.79 Å². The lowest BCUT2D eigenvalue weighted by atomic mass is 10.1. The van der Waals surface area contributed by atoms with E-state index >= 15 is 0 Å². The largest absolute Gasteiger partial charge is 0.355 e. The van der Waals surface area contributed by atoms with Gasteiger partial charge in [0.2, 0.25) is 0 Å². The van der Waals surface area contributed by atoms with Crippen molar-refractivity contribution in [3.05, 3.63) is 72.2 Å². The summed E-state index contributed by atoms with van der Waals surface area (Å²) in [6.07, 6.45) is 3.56. The van der Waals surface area contributed by atoms with Gasteiger partial charge in [0.25, 0.3) is 5.91 Å². The Kier molecular flexibility index (Phi) is 5.62.